The van der Waals surface area contributed by atoms with Crippen molar-refractivity contribution >= 4 is 32.4 Å². The van der Waals surface area contributed by atoms with Crippen LogP contribution in [0.25, 0.3) is 10.8 Å². The van der Waals surface area contributed by atoms with Gasteiger partial charge in [-0.05, 0) is 75.9 Å². The van der Waals surface area contributed by atoms with E-state index in [1.165, 1.54) is 0 Å². The second-order valence-electron chi connectivity index (χ2n) is 8.88. The Bertz CT molecular complexity index is 1250. The Morgan fingerprint density at radius 2 is 1.67 bits per heavy atom. The van der Waals surface area contributed by atoms with Gasteiger partial charge < -0.3 is 10.6 Å². The molecule has 1 saturated heterocycles. The third-order valence-electron chi connectivity index (χ3n) is 6.31. The highest BCUT2D eigenvalue weighted by atomic mass is 32.2. The van der Waals surface area contributed by atoms with Crippen LogP contribution in [0, 0.1) is 12.8 Å². The maximum Gasteiger partial charge on any atom is 0.255 e. The summed E-state index contributed by atoms with van der Waals surface area (Å²) in [5, 5.41) is 7.57. The summed E-state index contributed by atoms with van der Waals surface area (Å²) < 4.78 is 29.4. The van der Waals surface area contributed by atoms with Gasteiger partial charge in [0.1, 0.15) is 0 Å². The molecule has 1 heterocycles. The average molecular weight is 466 g/mol. The van der Waals surface area contributed by atoms with E-state index in [-0.39, 0.29) is 16.8 Å². The Morgan fingerprint density at radius 3 is 2.39 bits per heavy atom. The van der Waals surface area contributed by atoms with Gasteiger partial charge in [-0.15, -0.1) is 0 Å². The summed E-state index contributed by atoms with van der Waals surface area (Å²) in [4.78, 5) is 13.1. The summed E-state index contributed by atoms with van der Waals surface area (Å²) >= 11 is 0. The van der Waals surface area contributed by atoms with Crippen molar-refractivity contribution in [2.75, 3.05) is 18.4 Å². The van der Waals surface area contributed by atoms with Crippen LogP contribution in [-0.4, -0.2) is 33.5 Å². The van der Waals surface area contributed by atoms with E-state index in [0.717, 1.165) is 37.9 Å². The van der Waals surface area contributed by atoms with E-state index >= 15 is 0 Å². The van der Waals surface area contributed by atoms with Crippen molar-refractivity contribution in [2.45, 2.75) is 44.0 Å². The molecule has 0 aliphatic carbocycles. The minimum Gasteiger partial charge on any atom is -0.321 e. The topological polar surface area (TPSA) is 87.3 Å². The molecule has 3 aromatic rings. The summed E-state index contributed by atoms with van der Waals surface area (Å²) in [5.74, 6) is 0.308. The lowest BCUT2D eigenvalue weighted by Crippen LogP contribution is -2.36. The lowest BCUT2D eigenvalue weighted by Gasteiger charge is -2.26. The van der Waals surface area contributed by atoms with Gasteiger partial charge >= 0.3 is 0 Å². The molecule has 0 saturated carbocycles. The number of benzene rings is 3. The molecule has 1 fully saturated rings. The number of rotatable bonds is 7. The number of anilines is 1. The van der Waals surface area contributed by atoms with E-state index in [2.05, 4.69) is 15.4 Å². The SMILES string of the molecule is Cc1ccccc1C(=O)Nc1ccc(S(=O)(=O)NC(C)CC2CCNCC2)c2ccccc12. The van der Waals surface area contributed by atoms with Crippen LogP contribution in [-0.2, 0) is 10.0 Å². The van der Waals surface area contributed by atoms with Crippen LogP contribution in [0.3, 0.4) is 0 Å². The maximum atomic E-state index is 13.3. The molecule has 33 heavy (non-hydrogen) atoms. The van der Waals surface area contributed by atoms with Gasteiger partial charge in [-0.3, -0.25) is 4.79 Å². The first kappa shape index (κ1) is 23.4. The third-order valence-corrected chi connectivity index (χ3v) is 7.96. The van der Waals surface area contributed by atoms with Gasteiger partial charge in [0.2, 0.25) is 10.0 Å². The van der Waals surface area contributed by atoms with Crippen LogP contribution in [0.2, 0.25) is 0 Å². The van der Waals surface area contributed by atoms with Crippen LogP contribution in [0.1, 0.15) is 42.1 Å². The number of nitrogens with one attached hydrogen (secondary N) is 3. The number of fused-ring (bicyclic) bond motifs is 1. The van der Waals surface area contributed by atoms with Crippen molar-refractivity contribution in [2.24, 2.45) is 5.92 Å². The van der Waals surface area contributed by atoms with E-state index in [9.17, 15) is 13.2 Å². The highest BCUT2D eigenvalue weighted by Crippen LogP contribution is 2.30. The highest BCUT2D eigenvalue weighted by molar-refractivity contribution is 7.89. The lowest BCUT2D eigenvalue weighted by atomic mass is 9.92. The molecule has 0 radical (unpaired) electrons. The Hall–Kier alpha value is -2.74. The molecule has 1 aliphatic heterocycles. The first-order chi connectivity index (χ1) is 15.8. The van der Waals surface area contributed by atoms with Gasteiger partial charge in [0.25, 0.3) is 5.91 Å². The van der Waals surface area contributed by atoms with Crippen molar-refractivity contribution in [3.63, 3.8) is 0 Å². The fourth-order valence-electron chi connectivity index (χ4n) is 4.63. The van der Waals surface area contributed by atoms with Crippen LogP contribution >= 0.6 is 0 Å². The Labute approximate surface area is 195 Å². The van der Waals surface area contributed by atoms with Gasteiger partial charge in [0.05, 0.1) is 4.90 Å². The van der Waals surface area contributed by atoms with E-state index < -0.39 is 10.0 Å². The molecule has 0 spiro atoms. The fraction of sp³-hybridized carbons (Fsp3) is 0.346. The monoisotopic (exact) mass is 465 g/mol. The normalized spacial score (nSPS) is 15.9. The van der Waals surface area contributed by atoms with Gasteiger partial charge in [-0.2, -0.15) is 0 Å². The number of aryl methyl sites for hydroxylation is 1. The molecule has 0 bridgehead atoms. The van der Waals surface area contributed by atoms with Gasteiger partial charge in [-0.25, -0.2) is 13.1 Å². The summed E-state index contributed by atoms with van der Waals surface area (Å²) in [5.41, 5.74) is 2.05. The third kappa shape index (κ3) is 5.43. The number of sulfonamides is 1. The molecule has 1 aliphatic rings. The molecule has 1 atom stereocenters. The zero-order valence-corrected chi connectivity index (χ0v) is 19.9. The first-order valence-corrected chi connectivity index (χ1v) is 13.0. The first-order valence-electron chi connectivity index (χ1n) is 11.5. The molecule has 4 rings (SSSR count). The number of carbonyl (C=O) groups excluding carboxylic acids is 1. The zero-order chi connectivity index (χ0) is 23.4. The molecule has 174 valence electrons. The van der Waals surface area contributed by atoms with Gasteiger partial charge in [0.15, 0.2) is 0 Å². The van der Waals surface area contributed by atoms with E-state index in [1.54, 1.807) is 24.3 Å². The quantitative estimate of drug-likeness (QED) is 0.481. The number of hydrogen-bond acceptors (Lipinski definition) is 4. The molecule has 7 heteroatoms. The van der Waals surface area contributed by atoms with Gasteiger partial charge in [-0.1, -0.05) is 42.5 Å². The average Bonchev–Trinajstić information content (AvgIpc) is 2.79. The minimum atomic E-state index is -3.72. The highest BCUT2D eigenvalue weighted by Gasteiger charge is 2.24. The number of piperidine rings is 1. The maximum absolute atomic E-state index is 13.3. The zero-order valence-electron chi connectivity index (χ0n) is 19.1. The smallest absolute Gasteiger partial charge is 0.255 e. The summed E-state index contributed by atoms with van der Waals surface area (Å²) in [6.07, 6.45) is 2.97. The number of carbonyl (C=O) groups is 1. The minimum absolute atomic E-state index is 0.155. The molecule has 1 unspecified atom stereocenters. The van der Waals surface area contributed by atoms with Crippen LogP contribution < -0.4 is 15.4 Å². The molecular weight excluding hydrogens is 434 g/mol. The summed E-state index contributed by atoms with van der Waals surface area (Å²) in [7, 11) is -3.72. The number of amides is 1. The number of hydrogen-bond donors (Lipinski definition) is 3. The largest absolute Gasteiger partial charge is 0.321 e. The molecule has 6 nitrogen and oxygen atoms in total. The van der Waals surface area contributed by atoms with Crippen molar-refractivity contribution in [1.29, 1.82) is 0 Å². The van der Waals surface area contributed by atoms with Crippen molar-refractivity contribution in [1.82, 2.24) is 10.0 Å². The molecular formula is C26H31N3O3S. The van der Waals surface area contributed by atoms with Crippen LogP contribution in [0.5, 0.6) is 0 Å². The van der Waals surface area contributed by atoms with Crippen LogP contribution in [0.15, 0.2) is 65.6 Å². The predicted octanol–water partition coefficient (Wildman–Crippen LogP) is 4.46. The molecule has 1 amide bonds. The second kappa shape index (κ2) is 10.0. The van der Waals surface area contributed by atoms with Crippen LogP contribution in [0.4, 0.5) is 5.69 Å². The second-order valence-corrected chi connectivity index (χ2v) is 10.6. The fourth-order valence-corrected chi connectivity index (χ4v) is 6.09. The van der Waals surface area contributed by atoms with E-state index in [4.69, 9.17) is 0 Å². The molecule has 0 aromatic heterocycles. The van der Waals surface area contributed by atoms with E-state index in [0.29, 0.717) is 27.9 Å². The van der Waals surface area contributed by atoms with Crippen molar-refractivity contribution in [3.05, 3.63) is 71.8 Å². The van der Waals surface area contributed by atoms with E-state index in [1.807, 2.05) is 50.2 Å². The van der Waals surface area contributed by atoms with Crippen molar-refractivity contribution < 1.29 is 13.2 Å². The predicted molar refractivity (Wildman–Crippen MR) is 133 cm³/mol. The molecule has 3 N–H and O–H groups in total. The Morgan fingerprint density at radius 1 is 1.00 bits per heavy atom. The van der Waals surface area contributed by atoms with Gasteiger partial charge in [0, 0.05) is 28.1 Å². The lowest BCUT2D eigenvalue weighted by molar-refractivity contribution is 0.102. The Balaban J connectivity index is 1.59. The molecule has 3 aromatic carbocycles. The summed E-state index contributed by atoms with van der Waals surface area (Å²) in [6, 6.07) is 17.7. The Kier molecular flexibility index (Phi) is 7.12. The summed E-state index contributed by atoms with van der Waals surface area (Å²) in [6.45, 7) is 5.80. The van der Waals surface area contributed by atoms with Crippen molar-refractivity contribution in [3.8, 4) is 0 Å². The standard InChI is InChI=1S/C26H31N3O3S/c1-18-7-3-4-8-21(18)26(30)28-24-11-12-25(23-10-6-5-9-22(23)24)33(31,32)29-19(2)17-20-13-15-27-16-14-20/h3-12,19-20,27,29H,13-17H2,1-2H3,(H,28,30).